The molecule has 1 aromatic rings. The van der Waals surface area contributed by atoms with Gasteiger partial charge in [0.1, 0.15) is 0 Å². The molecule has 1 aromatic carbocycles. The molecule has 0 radical (unpaired) electrons. The van der Waals surface area contributed by atoms with Gasteiger partial charge in [-0.1, -0.05) is 17.7 Å². The van der Waals surface area contributed by atoms with Gasteiger partial charge in [0.25, 0.3) is 0 Å². The molecule has 0 aromatic heterocycles. The molecule has 0 saturated heterocycles. The Balaban J connectivity index is 2.74. The van der Waals surface area contributed by atoms with Crippen LogP contribution in [-0.4, -0.2) is 29.5 Å². The van der Waals surface area contributed by atoms with Crippen LogP contribution in [0.15, 0.2) is 12.1 Å². The monoisotopic (exact) mass is 223 g/mol. The first kappa shape index (κ1) is 13.2. The third-order valence-corrected chi connectivity index (χ3v) is 2.85. The fourth-order valence-corrected chi connectivity index (χ4v) is 1.92. The molecule has 0 fully saturated rings. The van der Waals surface area contributed by atoms with Crippen molar-refractivity contribution in [3.63, 3.8) is 0 Å². The van der Waals surface area contributed by atoms with Crippen molar-refractivity contribution in [1.82, 2.24) is 5.32 Å². The molecule has 0 bridgehead atoms. The Morgan fingerprint density at radius 1 is 1.06 bits per heavy atom. The van der Waals surface area contributed by atoms with Gasteiger partial charge in [0.2, 0.25) is 0 Å². The highest BCUT2D eigenvalue weighted by atomic mass is 16.3. The lowest BCUT2D eigenvalue weighted by Crippen LogP contribution is -2.35. The second-order valence-electron chi connectivity index (χ2n) is 4.32. The SMILES string of the molecule is Cc1cc(C)c(CNC(CO)CO)c(C)c1. The van der Waals surface area contributed by atoms with Crippen LogP contribution in [0, 0.1) is 20.8 Å². The lowest BCUT2D eigenvalue weighted by Gasteiger charge is -2.16. The number of hydrogen-bond donors (Lipinski definition) is 3. The summed E-state index contributed by atoms with van der Waals surface area (Å²) in [6, 6.07) is 4.06. The first-order chi connectivity index (χ1) is 7.58. The van der Waals surface area contributed by atoms with Crippen LogP contribution >= 0.6 is 0 Å². The normalized spacial score (nSPS) is 11.1. The van der Waals surface area contributed by atoms with E-state index in [1.165, 1.54) is 22.3 Å². The van der Waals surface area contributed by atoms with Crippen molar-refractivity contribution in [3.8, 4) is 0 Å². The third kappa shape index (κ3) is 3.30. The second-order valence-corrected chi connectivity index (χ2v) is 4.32. The van der Waals surface area contributed by atoms with Crippen molar-refractivity contribution < 1.29 is 10.2 Å². The zero-order valence-corrected chi connectivity index (χ0v) is 10.2. The summed E-state index contributed by atoms with van der Waals surface area (Å²) in [6.07, 6.45) is 0. The maximum atomic E-state index is 8.96. The zero-order chi connectivity index (χ0) is 12.1. The molecule has 0 aliphatic carbocycles. The molecule has 3 nitrogen and oxygen atoms in total. The van der Waals surface area contributed by atoms with E-state index >= 15 is 0 Å². The van der Waals surface area contributed by atoms with E-state index in [4.69, 9.17) is 10.2 Å². The molecule has 0 unspecified atom stereocenters. The van der Waals surface area contributed by atoms with Crippen LogP contribution in [-0.2, 0) is 6.54 Å². The summed E-state index contributed by atoms with van der Waals surface area (Å²) in [5.41, 5.74) is 5.01. The van der Waals surface area contributed by atoms with Crippen LogP contribution in [0.4, 0.5) is 0 Å². The first-order valence-corrected chi connectivity index (χ1v) is 5.60. The molecule has 16 heavy (non-hydrogen) atoms. The molecule has 0 saturated carbocycles. The minimum Gasteiger partial charge on any atom is -0.395 e. The van der Waals surface area contributed by atoms with E-state index < -0.39 is 0 Å². The second kappa shape index (κ2) is 5.99. The van der Waals surface area contributed by atoms with Gasteiger partial charge < -0.3 is 15.5 Å². The van der Waals surface area contributed by atoms with Gasteiger partial charge in [-0.15, -0.1) is 0 Å². The molecule has 3 heteroatoms. The Kier molecular flexibility index (Phi) is 4.93. The predicted octanol–water partition coefficient (Wildman–Crippen LogP) is 1.05. The van der Waals surface area contributed by atoms with Crippen molar-refractivity contribution in [2.75, 3.05) is 13.2 Å². The average Bonchev–Trinajstić information content (AvgIpc) is 2.22. The van der Waals surface area contributed by atoms with Gasteiger partial charge in [0, 0.05) is 6.54 Å². The minimum absolute atomic E-state index is 0.0412. The number of aliphatic hydroxyl groups is 2. The van der Waals surface area contributed by atoms with Crippen LogP contribution in [0.2, 0.25) is 0 Å². The van der Waals surface area contributed by atoms with Gasteiger partial charge in [0.15, 0.2) is 0 Å². The summed E-state index contributed by atoms with van der Waals surface area (Å²) >= 11 is 0. The molecule has 0 aliphatic rings. The summed E-state index contributed by atoms with van der Waals surface area (Å²) in [7, 11) is 0. The Morgan fingerprint density at radius 3 is 2.00 bits per heavy atom. The Morgan fingerprint density at radius 2 is 1.56 bits per heavy atom. The van der Waals surface area contributed by atoms with Crippen LogP contribution in [0.3, 0.4) is 0 Å². The molecule has 90 valence electrons. The number of aryl methyl sites for hydroxylation is 3. The molecular weight excluding hydrogens is 202 g/mol. The zero-order valence-electron chi connectivity index (χ0n) is 10.2. The quantitative estimate of drug-likeness (QED) is 0.699. The maximum absolute atomic E-state index is 8.96. The summed E-state index contributed by atoms with van der Waals surface area (Å²) in [6.45, 7) is 6.86. The minimum atomic E-state index is -0.236. The Bertz CT molecular complexity index is 323. The average molecular weight is 223 g/mol. The third-order valence-electron chi connectivity index (χ3n) is 2.85. The molecule has 0 atom stereocenters. The number of aliphatic hydroxyl groups excluding tert-OH is 2. The number of hydrogen-bond acceptors (Lipinski definition) is 3. The number of nitrogens with one attached hydrogen (secondary N) is 1. The lowest BCUT2D eigenvalue weighted by atomic mass is 9.99. The molecule has 0 heterocycles. The van der Waals surface area contributed by atoms with E-state index in [0.29, 0.717) is 6.54 Å². The summed E-state index contributed by atoms with van der Waals surface area (Å²) in [5, 5.41) is 21.1. The fourth-order valence-electron chi connectivity index (χ4n) is 1.92. The Hall–Kier alpha value is -0.900. The molecule has 0 amide bonds. The van der Waals surface area contributed by atoms with Crippen molar-refractivity contribution in [3.05, 3.63) is 34.4 Å². The summed E-state index contributed by atoms with van der Waals surface area (Å²) < 4.78 is 0. The Labute approximate surface area is 97.1 Å². The van der Waals surface area contributed by atoms with Crippen molar-refractivity contribution >= 4 is 0 Å². The topological polar surface area (TPSA) is 52.5 Å². The standard InChI is InChI=1S/C13H21NO2/c1-9-4-10(2)13(11(3)5-9)6-14-12(7-15)8-16/h4-5,12,14-16H,6-8H2,1-3H3. The van der Waals surface area contributed by atoms with E-state index in [9.17, 15) is 0 Å². The summed E-state index contributed by atoms with van der Waals surface area (Å²) in [4.78, 5) is 0. The highest BCUT2D eigenvalue weighted by molar-refractivity contribution is 5.37. The predicted molar refractivity (Wildman–Crippen MR) is 65.5 cm³/mol. The van der Waals surface area contributed by atoms with E-state index in [-0.39, 0.29) is 19.3 Å². The summed E-state index contributed by atoms with van der Waals surface area (Å²) in [5.74, 6) is 0. The highest BCUT2D eigenvalue weighted by Gasteiger charge is 2.08. The smallest absolute Gasteiger partial charge is 0.0607 e. The van der Waals surface area contributed by atoms with Crippen molar-refractivity contribution in [1.29, 1.82) is 0 Å². The van der Waals surface area contributed by atoms with Gasteiger partial charge in [-0.25, -0.2) is 0 Å². The first-order valence-electron chi connectivity index (χ1n) is 5.60. The number of rotatable bonds is 5. The highest BCUT2D eigenvalue weighted by Crippen LogP contribution is 2.16. The van der Waals surface area contributed by atoms with E-state index in [1.54, 1.807) is 0 Å². The van der Waals surface area contributed by atoms with Crippen molar-refractivity contribution in [2.45, 2.75) is 33.4 Å². The van der Waals surface area contributed by atoms with Gasteiger partial charge >= 0.3 is 0 Å². The van der Waals surface area contributed by atoms with Gasteiger partial charge in [-0.05, 0) is 37.5 Å². The largest absolute Gasteiger partial charge is 0.395 e. The van der Waals surface area contributed by atoms with Crippen LogP contribution in [0.25, 0.3) is 0 Å². The molecule has 1 rings (SSSR count). The van der Waals surface area contributed by atoms with E-state index in [0.717, 1.165) is 0 Å². The number of benzene rings is 1. The maximum Gasteiger partial charge on any atom is 0.0607 e. The van der Waals surface area contributed by atoms with Crippen LogP contribution in [0.1, 0.15) is 22.3 Å². The molecule has 0 aliphatic heterocycles. The van der Waals surface area contributed by atoms with E-state index in [2.05, 4.69) is 38.2 Å². The van der Waals surface area contributed by atoms with Gasteiger partial charge in [-0.2, -0.15) is 0 Å². The molecule has 3 N–H and O–H groups in total. The van der Waals surface area contributed by atoms with Gasteiger partial charge in [0.05, 0.1) is 19.3 Å². The molecular formula is C13H21NO2. The lowest BCUT2D eigenvalue weighted by molar-refractivity contribution is 0.170. The van der Waals surface area contributed by atoms with E-state index in [1.807, 2.05) is 0 Å². The van der Waals surface area contributed by atoms with Crippen LogP contribution in [0.5, 0.6) is 0 Å². The molecule has 0 spiro atoms. The van der Waals surface area contributed by atoms with Crippen molar-refractivity contribution in [2.24, 2.45) is 0 Å². The van der Waals surface area contributed by atoms with Crippen LogP contribution < -0.4 is 5.32 Å². The fraction of sp³-hybridized carbons (Fsp3) is 0.538. The van der Waals surface area contributed by atoms with Gasteiger partial charge in [-0.3, -0.25) is 0 Å².